The summed E-state index contributed by atoms with van der Waals surface area (Å²) in [7, 11) is 0. The predicted molar refractivity (Wildman–Crippen MR) is 51.0 cm³/mol. The van der Waals surface area contributed by atoms with Gasteiger partial charge in [-0.15, -0.1) is 0 Å². The predicted octanol–water partition coefficient (Wildman–Crippen LogP) is 2.30. The van der Waals surface area contributed by atoms with Gasteiger partial charge in [-0.3, -0.25) is 9.59 Å². The molecule has 0 aliphatic carbocycles. The van der Waals surface area contributed by atoms with E-state index in [1.807, 2.05) is 13.8 Å². The van der Waals surface area contributed by atoms with E-state index < -0.39 is 0 Å². The number of rotatable bonds is 4. The summed E-state index contributed by atoms with van der Waals surface area (Å²) in [6.45, 7) is 10.6. The molecule has 0 spiro atoms. The van der Waals surface area contributed by atoms with E-state index in [0.29, 0.717) is 11.1 Å². The minimum absolute atomic E-state index is 0.662. The second kappa shape index (κ2) is 9.82. The Labute approximate surface area is 74.0 Å². The number of aldehydes is 2. The van der Waals surface area contributed by atoms with Gasteiger partial charge in [0.1, 0.15) is 12.6 Å². The molecular weight excluding hydrogens is 152 g/mol. The molecule has 2 heteroatoms. The van der Waals surface area contributed by atoms with E-state index >= 15 is 0 Å². The van der Waals surface area contributed by atoms with Gasteiger partial charge in [-0.2, -0.15) is 0 Å². The quantitative estimate of drug-likeness (QED) is 0.477. The molecule has 0 bridgehead atoms. The van der Waals surface area contributed by atoms with Crippen molar-refractivity contribution in [3.05, 3.63) is 24.3 Å². The van der Waals surface area contributed by atoms with Crippen molar-refractivity contribution in [2.45, 2.75) is 26.7 Å². The monoisotopic (exact) mass is 168 g/mol. The van der Waals surface area contributed by atoms with Crippen molar-refractivity contribution in [1.82, 2.24) is 0 Å². The minimum atomic E-state index is 0.662. The van der Waals surface area contributed by atoms with Crippen LogP contribution in [0.3, 0.4) is 0 Å². The Morgan fingerprint density at radius 1 is 1.00 bits per heavy atom. The third-order valence-electron chi connectivity index (χ3n) is 1.24. The molecule has 68 valence electrons. The molecule has 0 atom stereocenters. The van der Waals surface area contributed by atoms with Crippen molar-refractivity contribution in [3.63, 3.8) is 0 Å². The number of carbonyl (C=O) groups is 2. The molecule has 0 fully saturated rings. The maximum absolute atomic E-state index is 9.64. The maximum Gasteiger partial charge on any atom is 0.145 e. The molecule has 2 nitrogen and oxygen atoms in total. The average Bonchev–Trinajstić information content (AvgIpc) is 2.16. The fourth-order valence-corrected chi connectivity index (χ4v) is 0.167. The first kappa shape index (κ1) is 13.4. The molecule has 0 saturated carbocycles. The average molecular weight is 168 g/mol. The lowest BCUT2D eigenvalue weighted by Gasteiger charge is -1.79. The first-order valence-electron chi connectivity index (χ1n) is 3.88. The van der Waals surface area contributed by atoms with Crippen molar-refractivity contribution in [2.24, 2.45) is 0 Å². The summed E-state index contributed by atoms with van der Waals surface area (Å²) >= 11 is 0. The van der Waals surface area contributed by atoms with Crippen LogP contribution in [0.15, 0.2) is 24.3 Å². The van der Waals surface area contributed by atoms with Crippen LogP contribution in [0.1, 0.15) is 26.7 Å². The van der Waals surface area contributed by atoms with Crippen molar-refractivity contribution in [3.8, 4) is 0 Å². The third-order valence-corrected chi connectivity index (χ3v) is 1.24. The SMILES string of the molecule is C=C(C=O)CC.C=C(C=O)CC. The summed E-state index contributed by atoms with van der Waals surface area (Å²) < 4.78 is 0. The number of hydrogen-bond donors (Lipinski definition) is 0. The molecular formula is C10H16O2. The molecule has 0 saturated heterocycles. The Bertz CT molecular complexity index is 149. The minimum Gasteiger partial charge on any atom is -0.298 e. The highest BCUT2D eigenvalue weighted by molar-refractivity contribution is 5.71. The lowest BCUT2D eigenvalue weighted by atomic mass is 10.3. The van der Waals surface area contributed by atoms with Crippen molar-refractivity contribution in [1.29, 1.82) is 0 Å². The Hall–Kier alpha value is -1.18. The molecule has 0 aliphatic rings. The summed E-state index contributed by atoms with van der Waals surface area (Å²) in [4.78, 5) is 19.3. The fraction of sp³-hybridized carbons (Fsp3) is 0.400. The maximum atomic E-state index is 9.64. The van der Waals surface area contributed by atoms with Crippen LogP contribution in [0.4, 0.5) is 0 Å². The Morgan fingerprint density at radius 2 is 1.25 bits per heavy atom. The van der Waals surface area contributed by atoms with Gasteiger partial charge in [0.15, 0.2) is 0 Å². The molecule has 0 unspecified atom stereocenters. The molecule has 0 aromatic carbocycles. The zero-order valence-electron chi connectivity index (χ0n) is 7.80. The van der Waals surface area contributed by atoms with E-state index in [1.165, 1.54) is 0 Å². The first-order chi connectivity index (χ1) is 5.62. The van der Waals surface area contributed by atoms with Gasteiger partial charge in [0.05, 0.1) is 0 Å². The number of allylic oxidation sites excluding steroid dienone is 2. The van der Waals surface area contributed by atoms with Crippen LogP contribution in [0, 0.1) is 0 Å². The van der Waals surface area contributed by atoms with Gasteiger partial charge < -0.3 is 0 Å². The van der Waals surface area contributed by atoms with Crippen molar-refractivity contribution >= 4 is 12.6 Å². The Morgan fingerprint density at radius 3 is 1.25 bits per heavy atom. The lowest BCUT2D eigenvalue weighted by Crippen LogP contribution is -1.73. The zero-order chi connectivity index (χ0) is 9.98. The van der Waals surface area contributed by atoms with Crippen LogP contribution in [0.25, 0.3) is 0 Å². The zero-order valence-corrected chi connectivity index (χ0v) is 7.80. The molecule has 12 heavy (non-hydrogen) atoms. The van der Waals surface area contributed by atoms with Gasteiger partial charge in [0.25, 0.3) is 0 Å². The van der Waals surface area contributed by atoms with Crippen LogP contribution in [-0.4, -0.2) is 12.6 Å². The van der Waals surface area contributed by atoms with E-state index in [0.717, 1.165) is 25.4 Å². The fourth-order valence-electron chi connectivity index (χ4n) is 0.167. The number of hydrogen-bond acceptors (Lipinski definition) is 2. The molecule has 0 N–H and O–H groups in total. The lowest BCUT2D eigenvalue weighted by molar-refractivity contribution is -0.105. The van der Waals surface area contributed by atoms with E-state index in [2.05, 4.69) is 13.2 Å². The molecule has 0 radical (unpaired) electrons. The largest absolute Gasteiger partial charge is 0.298 e. The molecule has 0 rings (SSSR count). The normalized spacial score (nSPS) is 7.50. The highest BCUT2D eigenvalue weighted by Crippen LogP contribution is 1.87. The van der Waals surface area contributed by atoms with Crippen molar-refractivity contribution < 1.29 is 9.59 Å². The van der Waals surface area contributed by atoms with Crippen LogP contribution < -0.4 is 0 Å². The summed E-state index contributed by atoms with van der Waals surface area (Å²) in [5.41, 5.74) is 1.32. The van der Waals surface area contributed by atoms with Crippen LogP contribution in [-0.2, 0) is 9.59 Å². The standard InChI is InChI=1S/2C5H8O/c2*1-3-5(2)4-6/h2*4H,2-3H2,1H3. The first-order valence-corrected chi connectivity index (χ1v) is 3.88. The van der Waals surface area contributed by atoms with E-state index in [9.17, 15) is 9.59 Å². The molecule has 0 aliphatic heterocycles. The molecule has 0 aromatic rings. The van der Waals surface area contributed by atoms with Crippen LogP contribution in [0.2, 0.25) is 0 Å². The van der Waals surface area contributed by atoms with Gasteiger partial charge in [0, 0.05) is 0 Å². The smallest absolute Gasteiger partial charge is 0.145 e. The Balaban J connectivity index is 0. The van der Waals surface area contributed by atoms with Gasteiger partial charge in [-0.05, 0) is 24.0 Å². The van der Waals surface area contributed by atoms with E-state index in [-0.39, 0.29) is 0 Å². The molecule has 0 amide bonds. The summed E-state index contributed by atoms with van der Waals surface area (Å²) in [6.07, 6.45) is 3.09. The second-order valence-electron chi connectivity index (χ2n) is 2.26. The highest BCUT2D eigenvalue weighted by atomic mass is 16.1. The van der Waals surface area contributed by atoms with E-state index in [4.69, 9.17) is 0 Å². The van der Waals surface area contributed by atoms with Gasteiger partial charge in [-0.25, -0.2) is 0 Å². The van der Waals surface area contributed by atoms with E-state index in [1.54, 1.807) is 0 Å². The Kier molecular flexibility index (Phi) is 11.0. The van der Waals surface area contributed by atoms with Crippen LogP contribution in [0.5, 0.6) is 0 Å². The topological polar surface area (TPSA) is 34.1 Å². The van der Waals surface area contributed by atoms with Crippen molar-refractivity contribution in [2.75, 3.05) is 0 Å². The second-order valence-corrected chi connectivity index (χ2v) is 2.26. The van der Waals surface area contributed by atoms with Gasteiger partial charge in [-0.1, -0.05) is 27.0 Å². The summed E-state index contributed by atoms with van der Waals surface area (Å²) in [5.74, 6) is 0. The summed E-state index contributed by atoms with van der Waals surface area (Å²) in [6, 6.07) is 0. The summed E-state index contributed by atoms with van der Waals surface area (Å²) in [5, 5.41) is 0. The van der Waals surface area contributed by atoms with Gasteiger partial charge >= 0.3 is 0 Å². The van der Waals surface area contributed by atoms with Crippen LogP contribution >= 0.6 is 0 Å². The highest BCUT2D eigenvalue weighted by Gasteiger charge is 1.78. The third kappa shape index (κ3) is 11.6. The van der Waals surface area contributed by atoms with Gasteiger partial charge in [0.2, 0.25) is 0 Å². The molecule has 0 aromatic heterocycles. The number of carbonyl (C=O) groups excluding carboxylic acids is 2. The molecule has 0 heterocycles.